The van der Waals surface area contributed by atoms with Crippen LogP contribution in [-0.4, -0.2) is 30.0 Å². The van der Waals surface area contributed by atoms with E-state index in [-0.39, 0.29) is 0 Å². The Kier molecular flexibility index (Phi) is 2.79. The van der Waals surface area contributed by atoms with E-state index in [0.29, 0.717) is 5.92 Å². The molecule has 1 aromatic heterocycles. The van der Waals surface area contributed by atoms with Crippen molar-refractivity contribution in [1.82, 2.24) is 9.88 Å². The third-order valence-corrected chi connectivity index (χ3v) is 3.22. The first-order valence-corrected chi connectivity index (χ1v) is 5.49. The quantitative estimate of drug-likeness (QED) is 0.758. The number of aryl methyl sites for hydroxylation is 1. The van der Waals surface area contributed by atoms with Crippen molar-refractivity contribution >= 4 is 0 Å². The zero-order chi connectivity index (χ0) is 10.8. The molecular formula is C12H17N3. The van der Waals surface area contributed by atoms with Crippen molar-refractivity contribution in [3.8, 4) is 6.07 Å². The smallest absolute Gasteiger partial charge is 0.101 e. The summed E-state index contributed by atoms with van der Waals surface area (Å²) in [5.41, 5.74) is 3.02. The topological polar surface area (TPSA) is 42.8 Å². The van der Waals surface area contributed by atoms with Crippen molar-refractivity contribution in [1.29, 1.82) is 5.26 Å². The summed E-state index contributed by atoms with van der Waals surface area (Å²) in [6.07, 6.45) is 2.48. The number of nitrogens with zero attached hydrogens (tertiary/aromatic N) is 2. The number of hydrogen-bond donors (Lipinski definition) is 1. The van der Waals surface area contributed by atoms with Gasteiger partial charge in [0.05, 0.1) is 5.56 Å². The molecular weight excluding hydrogens is 186 g/mol. The van der Waals surface area contributed by atoms with Crippen LogP contribution in [0, 0.1) is 18.3 Å². The highest BCUT2D eigenvalue weighted by Crippen LogP contribution is 2.26. The van der Waals surface area contributed by atoms with E-state index < -0.39 is 0 Å². The molecule has 0 bridgehead atoms. The van der Waals surface area contributed by atoms with Crippen LogP contribution in [0.15, 0.2) is 6.07 Å². The average Bonchev–Trinajstić information content (AvgIpc) is 2.60. The molecule has 0 aromatic carbocycles. The van der Waals surface area contributed by atoms with Crippen molar-refractivity contribution in [3.05, 3.63) is 23.0 Å². The lowest BCUT2D eigenvalue weighted by Crippen LogP contribution is -2.30. The van der Waals surface area contributed by atoms with Crippen LogP contribution < -0.4 is 0 Å². The summed E-state index contributed by atoms with van der Waals surface area (Å²) in [6.45, 7) is 4.26. The van der Waals surface area contributed by atoms with Crippen molar-refractivity contribution in [3.63, 3.8) is 0 Å². The van der Waals surface area contributed by atoms with Gasteiger partial charge >= 0.3 is 0 Å². The summed E-state index contributed by atoms with van der Waals surface area (Å²) in [4.78, 5) is 5.69. The van der Waals surface area contributed by atoms with Gasteiger partial charge in [-0.15, -0.1) is 0 Å². The number of H-pyrrole nitrogens is 1. The Bertz CT molecular complexity index is 386. The molecule has 0 amide bonds. The summed E-state index contributed by atoms with van der Waals surface area (Å²) in [6, 6.07) is 4.23. The van der Waals surface area contributed by atoms with Crippen molar-refractivity contribution in [2.24, 2.45) is 0 Å². The van der Waals surface area contributed by atoms with Crippen LogP contribution in [0.2, 0.25) is 0 Å². The highest BCUT2D eigenvalue weighted by Gasteiger charge is 2.20. The van der Waals surface area contributed by atoms with Crippen LogP contribution in [-0.2, 0) is 0 Å². The van der Waals surface area contributed by atoms with Crippen molar-refractivity contribution < 1.29 is 0 Å². The third-order valence-electron chi connectivity index (χ3n) is 3.22. The number of nitriles is 1. The van der Waals surface area contributed by atoms with Gasteiger partial charge in [0.2, 0.25) is 0 Å². The lowest BCUT2D eigenvalue weighted by Gasteiger charge is -2.29. The molecule has 2 heterocycles. The Balaban J connectivity index is 2.18. The van der Waals surface area contributed by atoms with E-state index >= 15 is 0 Å². The van der Waals surface area contributed by atoms with Crippen molar-refractivity contribution in [2.75, 3.05) is 20.1 Å². The fourth-order valence-corrected chi connectivity index (χ4v) is 2.34. The number of aromatic nitrogens is 1. The van der Waals surface area contributed by atoms with E-state index in [1.807, 2.05) is 13.0 Å². The van der Waals surface area contributed by atoms with Gasteiger partial charge in [-0.25, -0.2) is 0 Å². The summed E-state index contributed by atoms with van der Waals surface area (Å²) < 4.78 is 0. The standard InChI is InChI=1S/C12H17N3/c1-9-11(7-13)6-12(14-9)10-4-3-5-15(2)8-10/h6,10,14H,3-5,8H2,1-2H3. The predicted molar refractivity (Wildman–Crippen MR) is 59.7 cm³/mol. The minimum atomic E-state index is 0.574. The number of likely N-dealkylation sites (tertiary alicyclic amines) is 1. The lowest BCUT2D eigenvalue weighted by molar-refractivity contribution is 0.249. The Labute approximate surface area is 90.7 Å². The van der Waals surface area contributed by atoms with Gasteiger partial charge in [-0.2, -0.15) is 5.26 Å². The second-order valence-corrected chi connectivity index (χ2v) is 4.48. The molecule has 1 fully saturated rings. The summed E-state index contributed by atoms with van der Waals surface area (Å²) in [7, 11) is 2.16. The van der Waals surface area contributed by atoms with Gasteiger partial charge in [-0.3, -0.25) is 0 Å². The Morgan fingerprint density at radius 3 is 3.00 bits per heavy atom. The molecule has 2 rings (SSSR count). The largest absolute Gasteiger partial charge is 0.361 e. The number of likely N-dealkylation sites (N-methyl/N-ethyl adjacent to an activating group) is 1. The zero-order valence-corrected chi connectivity index (χ0v) is 9.38. The molecule has 1 N–H and O–H groups in total. The van der Waals surface area contributed by atoms with Gasteiger partial charge in [0, 0.05) is 23.9 Å². The molecule has 0 radical (unpaired) electrons. The number of aromatic amines is 1. The normalized spacial score (nSPS) is 22.6. The lowest BCUT2D eigenvalue weighted by atomic mass is 9.95. The summed E-state index contributed by atoms with van der Waals surface area (Å²) >= 11 is 0. The highest BCUT2D eigenvalue weighted by molar-refractivity contribution is 5.37. The van der Waals surface area contributed by atoms with Crippen LogP contribution >= 0.6 is 0 Å². The SMILES string of the molecule is Cc1[nH]c(C2CCCN(C)C2)cc1C#N. The van der Waals surface area contributed by atoms with Gasteiger partial charge in [0.25, 0.3) is 0 Å². The van der Waals surface area contributed by atoms with Gasteiger partial charge in [0.15, 0.2) is 0 Å². The van der Waals surface area contributed by atoms with E-state index in [1.165, 1.54) is 25.1 Å². The minimum absolute atomic E-state index is 0.574. The molecule has 15 heavy (non-hydrogen) atoms. The first kappa shape index (κ1) is 10.3. The molecule has 3 heteroatoms. The Morgan fingerprint density at radius 2 is 2.40 bits per heavy atom. The molecule has 80 valence electrons. The fourth-order valence-electron chi connectivity index (χ4n) is 2.34. The van der Waals surface area contributed by atoms with Crippen LogP contribution in [0.5, 0.6) is 0 Å². The zero-order valence-electron chi connectivity index (χ0n) is 9.38. The van der Waals surface area contributed by atoms with Gasteiger partial charge in [0.1, 0.15) is 6.07 Å². The highest BCUT2D eigenvalue weighted by atomic mass is 15.1. The number of piperidine rings is 1. The molecule has 0 aliphatic carbocycles. The number of rotatable bonds is 1. The molecule has 1 atom stereocenters. The van der Waals surface area contributed by atoms with Crippen molar-refractivity contribution in [2.45, 2.75) is 25.7 Å². The van der Waals surface area contributed by atoms with E-state index in [1.54, 1.807) is 0 Å². The summed E-state index contributed by atoms with van der Waals surface area (Å²) in [5, 5.41) is 8.90. The molecule has 1 aromatic rings. The number of hydrogen-bond acceptors (Lipinski definition) is 2. The maximum atomic E-state index is 8.90. The maximum absolute atomic E-state index is 8.90. The van der Waals surface area contributed by atoms with Crippen LogP contribution in [0.3, 0.4) is 0 Å². The minimum Gasteiger partial charge on any atom is -0.361 e. The predicted octanol–water partition coefficient (Wildman–Crippen LogP) is 2.00. The average molecular weight is 203 g/mol. The fraction of sp³-hybridized carbons (Fsp3) is 0.583. The maximum Gasteiger partial charge on any atom is 0.101 e. The molecule has 1 aliphatic heterocycles. The monoisotopic (exact) mass is 203 g/mol. The molecule has 0 saturated carbocycles. The number of nitrogens with one attached hydrogen (secondary N) is 1. The first-order chi connectivity index (χ1) is 7.20. The van der Waals surface area contributed by atoms with Crippen LogP contribution in [0.1, 0.15) is 35.7 Å². The molecule has 1 saturated heterocycles. The molecule has 1 aliphatic rings. The second-order valence-electron chi connectivity index (χ2n) is 4.48. The molecule has 1 unspecified atom stereocenters. The van der Waals surface area contributed by atoms with Gasteiger partial charge in [-0.1, -0.05) is 0 Å². The van der Waals surface area contributed by atoms with Crippen LogP contribution in [0.25, 0.3) is 0 Å². The molecule has 0 spiro atoms. The van der Waals surface area contributed by atoms with E-state index in [9.17, 15) is 0 Å². The summed E-state index contributed by atoms with van der Waals surface area (Å²) in [5.74, 6) is 0.574. The van der Waals surface area contributed by atoms with Gasteiger partial charge < -0.3 is 9.88 Å². The Morgan fingerprint density at radius 1 is 1.60 bits per heavy atom. The molecule has 3 nitrogen and oxygen atoms in total. The van der Waals surface area contributed by atoms with Crippen LogP contribution in [0.4, 0.5) is 0 Å². The second kappa shape index (κ2) is 4.08. The van der Waals surface area contributed by atoms with E-state index in [4.69, 9.17) is 5.26 Å². The first-order valence-electron chi connectivity index (χ1n) is 5.49. The van der Waals surface area contributed by atoms with E-state index in [2.05, 4.69) is 23.0 Å². The van der Waals surface area contributed by atoms with Gasteiger partial charge in [-0.05, 0) is 39.4 Å². The third kappa shape index (κ3) is 2.05. The van der Waals surface area contributed by atoms with E-state index in [0.717, 1.165) is 17.8 Å². The Hall–Kier alpha value is -1.27.